The van der Waals surface area contributed by atoms with Crippen LogP contribution in [0.5, 0.6) is 11.5 Å². The van der Waals surface area contributed by atoms with Crippen molar-refractivity contribution in [3.05, 3.63) is 23.8 Å². The number of carbonyl (C=O) groups is 3. The van der Waals surface area contributed by atoms with Crippen LogP contribution in [-0.4, -0.2) is 68.2 Å². The molecule has 8 nitrogen and oxygen atoms in total. The van der Waals surface area contributed by atoms with Crippen molar-refractivity contribution in [2.75, 3.05) is 46.2 Å². The summed E-state index contributed by atoms with van der Waals surface area (Å²) >= 11 is 1.24. The summed E-state index contributed by atoms with van der Waals surface area (Å²) in [6.07, 6.45) is 0.694. The maximum absolute atomic E-state index is 11.8. The minimum Gasteiger partial charge on any atom is -0.493 e. The summed E-state index contributed by atoms with van der Waals surface area (Å²) in [5, 5.41) is 2.68. The van der Waals surface area contributed by atoms with Gasteiger partial charge in [-0.15, -0.1) is 0 Å². The molecule has 0 saturated carbocycles. The van der Waals surface area contributed by atoms with Crippen LogP contribution < -0.4 is 14.8 Å². The smallest absolute Gasteiger partial charge is 0.308 e. The fourth-order valence-electron chi connectivity index (χ4n) is 2.51. The molecule has 0 aliphatic carbocycles. The molecule has 1 aliphatic rings. The zero-order valence-corrected chi connectivity index (χ0v) is 16.3. The highest BCUT2D eigenvalue weighted by molar-refractivity contribution is 8.13. The Hall–Kier alpha value is -2.42. The summed E-state index contributed by atoms with van der Waals surface area (Å²) in [5.74, 6) is 1.17. The first-order valence-corrected chi connectivity index (χ1v) is 9.57. The average Bonchev–Trinajstić information content (AvgIpc) is 3.09. The lowest BCUT2D eigenvalue weighted by Gasteiger charge is -2.13. The van der Waals surface area contributed by atoms with Gasteiger partial charge in [-0.2, -0.15) is 0 Å². The molecule has 1 heterocycles. The molecule has 2 rings (SSSR count). The first-order valence-electron chi connectivity index (χ1n) is 8.58. The fourth-order valence-corrected chi connectivity index (χ4v) is 3.36. The summed E-state index contributed by atoms with van der Waals surface area (Å²) in [4.78, 5) is 36.5. The molecule has 0 atom stereocenters. The maximum Gasteiger partial charge on any atom is 0.308 e. The number of esters is 1. The van der Waals surface area contributed by atoms with Crippen LogP contribution in [0.15, 0.2) is 18.2 Å². The van der Waals surface area contributed by atoms with E-state index in [1.54, 1.807) is 25.2 Å². The highest BCUT2D eigenvalue weighted by Crippen LogP contribution is 2.27. The van der Waals surface area contributed by atoms with Gasteiger partial charge < -0.3 is 24.4 Å². The highest BCUT2D eigenvalue weighted by atomic mass is 32.2. The Morgan fingerprint density at radius 1 is 1.22 bits per heavy atom. The summed E-state index contributed by atoms with van der Waals surface area (Å²) in [5.41, 5.74) is 0.984. The molecule has 27 heavy (non-hydrogen) atoms. The molecule has 0 aromatic heterocycles. The molecule has 1 aliphatic heterocycles. The number of thioether (sulfide) groups is 1. The van der Waals surface area contributed by atoms with Crippen molar-refractivity contribution in [3.63, 3.8) is 0 Å². The van der Waals surface area contributed by atoms with Gasteiger partial charge in [0.25, 0.3) is 11.1 Å². The van der Waals surface area contributed by atoms with E-state index in [0.29, 0.717) is 37.6 Å². The summed E-state index contributed by atoms with van der Waals surface area (Å²) in [6.45, 7) is 1.05. The SMILES string of the molecule is COc1ccc(CCNC(=O)COC(=O)CCN2CCSC2=O)cc1OC. The molecular weight excluding hydrogens is 372 g/mol. The number of nitrogens with one attached hydrogen (secondary N) is 1. The predicted molar refractivity (Wildman–Crippen MR) is 101 cm³/mol. The number of hydrogen-bond donors (Lipinski definition) is 1. The second-order valence-electron chi connectivity index (χ2n) is 5.80. The van der Waals surface area contributed by atoms with Crippen LogP contribution in [0.1, 0.15) is 12.0 Å². The molecule has 2 amide bonds. The zero-order chi connectivity index (χ0) is 19.6. The fraction of sp³-hybridized carbons (Fsp3) is 0.500. The molecule has 9 heteroatoms. The topological polar surface area (TPSA) is 94.2 Å². The monoisotopic (exact) mass is 396 g/mol. The van der Waals surface area contributed by atoms with Crippen molar-refractivity contribution >= 4 is 28.9 Å². The van der Waals surface area contributed by atoms with Crippen molar-refractivity contribution in [2.24, 2.45) is 0 Å². The average molecular weight is 396 g/mol. The van der Waals surface area contributed by atoms with E-state index in [-0.39, 0.29) is 24.2 Å². The molecule has 1 N–H and O–H groups in total. The lowest BCUT2D eigenvalue weighted by Crippen LogP contribution is -2.31. The van der Waals surface area contributed by atoms with Crippen molar-refractivity contribution in [3.8, 4) is 11.5 Å². The number of rotatable bonds is 10. The van der Waals surface area contributed by atoms with E-state index in [1.165, 1.54) is 11.8 Å². The maximum atomic E-state index is 11.8. The van der Waals surface area contributed by atoms with Crippen molar-refractivity contribution in [1.82, 2.24) is 10.2 Å². The zero-order valence-electron chi connectivity index (χ0n) is 15.5. The molecule has 1 aromatic carbocycles. The van der Waals surface area contributed by atoms with Crippen LogP contribution in [0.3, 0.4) is 0 Å². The van der Waals surface area contributed by atoms with Gasteiger partial charge in [0.1, 0.15) is 0 Å². The number of hydrogen-bond acceptors (Lipinski definition) is 7. The van der Waals surface area contributed by atoms with Crippen LogP contribution in [0.2, 0.25) is 0 Å². The first kappa shape index (κ1) is 20.9. The van der Waals surface area contributed by atoms with Crippen LogP contribution in [0.4, 0.5) is 4.79 Å². The van der Waals surface area contributed by atoms with E-state index in [9.17, 15) is 14.4 Å². The Kier molecular flexibility index (Phi) is 8.25. The van der Waals surface area contributed by atoms with Gasteiger partial charge in [0, 0.05) is 25.4 Å². The number of nitrogens with zero attached hydrogens (tertiary/aromatic N) is 1. The van der Waals surface area contributed by atoms with Gasteiger partial charge in [-0.25, -0.2) is 0 Å². The van der Waals surface area contributed by atoms with Gasteiger partial charge in [0.05, 0.1) is 20.6 Å². The van der Waals surface area contributed by atoms with Crippen molar-refractivity contribution < 1.29 is 28.6 Å². The van der Waals surface area contributed by atoms with E-state index in [1.807, 2.05) is 12.1 Å². The lowest BCUT2D eigenvalue weighted by molar-refractivity contribution is -0.148. The Morgan fingerprint density at radius 3 is 2.67 bits per heavy atom. The van der Waals surface area contributed by atoms with Crippen molar-refractivity contribution in [2.45, 2.75) is 12.8 Å². The first-order chi connectivity index (χ1) is 13.0. The molecule has 1 fully saturated rings. The van der Waals surface area contributed by atoms with E-state index < -0.39 is 5.97 Å². The third-order valence-corrected chi connectivity index (χ3v) is 4.87. The number of carbonyl (C=O) groups excluding carboxylic acids is 3. The van der Waals surface area contributed by atoms with Gasteiger partial charge >= 0.3 is 5.97 Å². The minimum atomic E-state index is -0.491. The molecule has 0 radical (unpaired) electrons. The quantitative estimate of drug-likeness (QED) is 0.599. The molecule has 1 saturated heterocycles. The molecule has 148 valence electrons. The van der Waals surface area contributed by atoms with Gasteiger partial charge in [-0.1, -0.05) is 17.8 Å². The molecular formula is C18H24N2O6S. The van der Waals surface area contributed by atoms with E-state index in [2.05, 4.69) is 5.32 Å². The van der Waals surface area contributed by atoms with Gasteiger partial charge in [0.15, 0.2) is 18.1 Å². The van der Waals surface area contributed by atoms with E-state index in [0.717, 1.165) is 11.3 Å². The second-order valence-corrected chi connectivity index (χ2v) is 6.85. The molecule has 1 aromatic rings. The summed E-state index contributed by atoms with van der Waals surface area (Å²) in [6, 6.07) is 5.55. The minimum absolute atomic E-state index is 0.0179. The summed E-state index contributed by atoms with van der Waals surface area (Å²) < 4.78 is 15.4. The number of methoxy groups -OCH3 is 2. The summed E-state index contributed by atoms with van der Waals surface area (Å²) in [7, 11) is 3.14. The Balaban J connectivity index is 1.63. The van der Waals surface area contributed by atoms with Gasteiger partial charge in [0.2, 0.25) is 0 Å². The second kappa shape index (κ2) is 10.7. The Labute approximate surface area is 162 Å². The highest BCUT2D eigenvalue weighted by Gasteiger charge is 2.21. The van der Waals surface area contributed by atoms with Crippen LogP contribution in [0, 0.1) is 0 Å². The van der Waals surface area contributed by atoms with E-state index >= 15 is 0 Å². The number of amides is 2. The van der Waals surface area contributed by atoms with Crippen LogP contribution in [-0.2, 0) is 20.7 Å². The van der Waals surface area contributed by atoms with Gasteiger partial charge in [-0.3, -0.25) is 14.4 Å². The third kappa shape index (κ3) is 6.67. The van der Waals surface area contributed by atoms with E-state index in [4.69, 9.17) is 14.2 Å². The molecule has 0 unspecified atom stereocenters. The van der Waals surface area contributed by atoms with Gasteiger partial charge in [-0.05, 0) is 24.1 Å². The number of benzene rings is 1. The molecule has 0 bridgehead atoms. The largest absolute Gasteiger partial charge is 0.493 e. The number of ether oxygens (including phenoxy) is 3. The Bertz CT molecular complexity index is 682. The van der Waals surface area contributed by atoms with Crippen LogP contribution in [0.25, 0.3) is 0 Å². The predicted octanol–water partition coefficient (Wildman–Crippen LogP) is 1.46. The third-order valence-electron chi connectivity index (χ3n) is 3.98. The van der Waals surface area contributed by atoms with Crippen molar-refractivity contribution in [1.29, 1.82) is 0 Å². The lowest BCUT2D eigenvalue weighted by atomic mass is 10.1. The normalized spacial score (nSPS) is 13.4. The standard InChI is InChI=1S/C18H24N2O6S/c1-24-14-4-3-13(11-15(14)25-2)5-7-19-16(21)12-26-17(22)6-8-20-9-10-27-18(20)23/h3-4,11H,5-10,12H2,1-2H3,(H,19,21). The molecule has 0 spiro atoms. The Morgan fingerprint density at radius 2 is 2.00 bits per heavy atom. The van der Waals surface area contributed by atoms with Crippen LogP contribution >= 0.6 is 11.8 Å².